The van der Waals surface area contributed by atoms with Gasteiger partial charge in [0, 0.05) is 5.69 Å². The van der Waals surface area contributed by atoms with Gasteiger partial charge in [0.05, 0.1) is 15.6 Å². The summed E-state index contributed by atoms with van der Waals surface area (Å²) in [5, 5.41) is 10.7. The van der Waals surface area contributed by atoms with Crippen LogP contribution in [0.25, 0.3) is 0 Å². The van der Waals surface area contributed by atoms with Gasteiger partial charge in [-0.15, -0.1) is 0 Å². The Morgan fingerprint density at radius 2 is 1.73 bits per heavy atom. The highest BCUT2D eigenvalue weighted by molar-refractivity contribution is 7.89. The van der Waals surface area contributed by atoms with Crippen LogP contribution in [0.3, 0.4) is 0 Å². The fourth-order valence-electron chi connectivity index (χ4n) is 1.79. The maximum Gasteiger partial charge on any atom is 0.323 e. The van der Waals surface area contributed by atoms with E-state index in [0.717, 1.165) is 5.56 Å². The number of carbonyl (C=O) groups excluding carboxylic acids is 1. The number of rotatable bonds is 3. The second kappa shape index (κ2) is 6.35. The molecule has 4 N–H and O–H groups in total. The van der Waals surface area contributed by atoms with Crippen molar-refractivity contribution in [3.05, 3.63) is 53.1 Å². The Bertz CT molecular complexity index is 784. The molecule has 0 aromatic heterocycles. The minimum Gasteiger partial charge on any atom is -0.308 e. The normalized spacial score (nSPS) is 11.0. The van der Waals surface area contributed by atoms with Gasteiger partial charge < -0.3 is 10.6 Å². The van der Waals surface area contributed by atoms with E-state index in [2.05, 4.69) is 10.6 Å². The second-order valence-corrected chi connectivity index (χ2v) is 6.55. The molecule has 0 bridgehead atoms. The Labute approximate surface area is 133 Å². The number of urea groups is 1. The number of aryl methyl sites for hydroxylation is 1. The number of para-hydroxylation sites is 1. The van der Waals surface area contributed by atoms with E-state index in [1.165, 1.54) is 24.3 Å². The molecule has 0 radical (unpaired) electrons. The molecule has 0 fully saturated rings. The van der Waals surface area contributed by atoms with Crippen LogP contribution < -0.4 is 15.8 Å². The van der Waals surface area contributed by atoms with Gasteiger partial charge in [0.25, 0.3) is 0 Å². The lowest BCUT2D eigenvalue weighted by molar-refractivity contribution is 0.262. The standard InChI is InChI=1S/C14H14ClN3O3S/c1-9-3-2-4-12(15)13(9)18-14(19)17-10-5-7-11(8-6-10)22(16,20)21/h2-8H,1H3,(H2,16,20,21)(H2,17,18,19). The number of carbonyl (C=O) groups is 1. The molecule has 6 nitrogen and oxygen atoms in total. The largest absolute Gasteiger partial charge is 0.323 e. The molecule has 0 saturated carbocycles. The first-order valence-electron chi connectivity index (χ1n) is 6.23. The molecule has 2 amide bonds. The van der Waals surface area contributed by atoms with Crippen molar-refractivity contribution in [1.82, 2.24) is 0 Å². The van der Waals surface area contributed by atoms with Crippen molar-refractivity contribution < 1.29 is 13.2 Å². The third-order valence-electron chi connectivity index (χ3n) is 2.90. The van der Waals surface area contributed by atoms with E-state index in [4.69, 9.17) is 16.7 Å². The summed E-state index contributed by atoms with van der Waals surface area (Å²) in [6.07, 6.45) is 0. The first kappa shape index (κ1) is 16.3. The van der Waals surface area contributed by atoms with Crippen molar-refractivity contribution in [3.63, 3.8) is 0 Å². The Hall–Kier alpha value is -2.09. The number of hydrogen-bond donors (Lipinski definition) is 3. The number of hydrogen-bond acceptors (Lipinski definition) is 3. The number of benzene rings is 2. The summed E-state index contributed by atoms with van der Waals surface area (Å²) in [5.41, 5.74) is 1.77. The predicted octanol–water partition coefficient (Wildman–Crippen LogP) is 2.94. The molecular weight excluding hydrogens is 326 g/mol. The fraction of sp³-hybridized carbons (Fsp3) is 0.0714. The Morgan fingerprint density at radius 1 is 1.09 bits per heavy atom. The van der Waals surface area contributed by atoms with Gasteiger partial charge in [-0.25, -0.2) is 18.4 Å². The molecule has 2 rings (SSSR count). The van der Waals surface area contributed by atoms with Crippen LogP contribution in [0.2, 0.25) is 5.02 Å². The number of anilines is 2. The average molecular weight is 340 g/mol. The van der Waals surface area contributed by atoms with E-state index in [1.54, 1.807) is 12.1 Å². The lowest BCUT2D eigenvalue weighted by Gasteiger charge is -2.11. The molecule has 22 heavy (non-hydrogen) atoms. The number of nitrogens with two attached hydrogens (primary N) is 1. The third-order valence-corrected chi connectivity index (χ3v) is 4.15. The van der Waals surface area contributed by atoms with Crippen molar-refractivity contribution in [1.29, 1.82) is 0 Å². The van der Waals surface area contributed by atoms with Crippen molar-refractivity contribution in [2.24, 2.45) is 5.14 Å². The molecule has 0 atom stereocenters. The zero-order valence-corrected chi connectivity index (χ0v) is 13.2. The zero-order chi connectivity index (χ0) is 16.3. The molecule has 2 aromatic rings. The van der Waals surface area contributed by atoms with E-state index in [1.807, 2.05) is 13.0 Å². The van der Waals surface area contributed by atoms with Crippen LogP contribution in [0.1, 0.15) is 5.56 Å². The number of primary sulfonamides is 1. The van der Waals surface area contributed by atoms with Gasteiger partial charge in [0.15, 0.2) is 0 Å². The smallest absolute Gasteiger partial charge is 0.308 e. The molecule has 0 aliphatic carbocycles. The van der Waals surface area contributed by atoms with E-state index in [9.17, 15) is 13.2 Å². The summed E-state index contributed by atoms with van der Waals surface area (Å²) in [4.78, 5) is 11.9. The summed E-state index contributed by atoms with van der Waals surface area (Å²) in [7, 11) is -3.75. The molecular formula is C14H14ClN3O3S. The summed E-state index contributed by atoms with van der Waals surface area (Å²) in [6.45, 7) is 1.82. The SMILES string of the molecule is Cc1cccc(Cl)c1NC(=O)Nc1ccc(S(N)(=O)=O)cc1. The minimum absolute atomic E-state index is 0.0274. The summed E-state index contributed by atoms with van der Waals surface area (Å²) in [6, 6.07) is 10.3. The lowest BCUT2D eigenvalue weighted by atomic mass is 10.2. The van der Waals surface area contributed by atoms with Crippen LogP contribution in [0, 0.1) is 6.92 Å². The van der Waals surface area contributed by atoms with E-state index in [0.29, 0.717) is 16.4 Å². The molecule has 116 valence electrons. The van der Waals surface area contributed by atoms with E-state index in [-0.39, 0.29) is 4.90 Å². The van der Waals surface area contributed by atoms with Gasteiger partial charge in [0.2, 0.25) is 10.0 Å². The first-order chi connectivity index (χ1) is 10.3. The Kier molecular flexibility index (Phi) is 4.70. The van der Waals surface area contributed by atoms with Gasteiger partial charge in [-0.3, -0.25) is 0 Å². The topological polar surface area (TPSA) is 101 Å². The average Bonchev–Trinajstić information content (AvgIpc) is 2.43. The van der Waals surface area contributed by atoms with Crippen LogP contribution >= 0.6 is 11.6 Å². The molecule has 2 aromatic carbocycles. The summed E-state index contributed by atoms with van der Waals surface area (Å²) < 4.78 is 22.3. The highest BCUT2D eigenvalue weighted by atomic mass is 35.5. The molecule has 0 aliphatic heterocycles. The monoisotopic (exact) mass is 339 g/mol. The maximum atomic E-state index is 11.9. The molecule has 8 heteroatoms. The Morgan fingerprint density at radius 3 is 2.27 bits per heavy atom. The quantitative estimate of drug-likeness (QED) is 0.801. The third kappa shape index (κ3) is 3.97. The van der Waals surface area contributed by atoms with Crippen LogP contribution in [0.15, 0.2) is 47.4 Å². The van der Waals surface area contributed by atoms with Crippen LogP contribution in [0.5, 0.6) is 0 Å². The number of halogens is 1. The second-order valence-electron chi connectivity index (χ2n) is 4.58. The zero-order valence-electron chi connectivity index (χ0n) is 11.6. The highest BCUT2D eigenvalue weighted by Gasteiger charge is 2.10. The van der Waals surface area contributed by atoms with Crippen LogP contribution in [-0.4, -0.2) is 14.4 Å². The van der Waals surface area contributed by atoms with Crippen molar-refractivity contribution in [3.8, 4) is 0 Å². The first-order valence-corrected chi connectivity index (χ1v) is 8.16. The van der Waals surface area contributed by atoms with Crippen molar-refractivity contribution in [2.45, 2.75) is 11.8 Å². The van der Waals surface area contributed by atoms with E-state index >= 15 is 0 Å². The minimum atomic E-state index is -3.75. The van der Waals surface area contributed by atoms with Crippen molar-refractivity contribution in [2.75, 3.05) is 10.6 Å². The molecule has 0 unspecified atom stereocenters. The predicted molar refractivity (Wildman–Crippen MR) is 86.6 cm³/mol. The molecule has 0 saturated heterocycles. The van der Waals surface area contributed by atoms with Gasteiger partial charge in [-0.1, -0.05) is 23.7 Å². The van der Waals surface area contributed by atoms with Crippen LogP contribution in [0.4, 0.5) is 16.2 Å². The van der Waals surface area contributed by atoms with Gasteiger partial charge in [-0.05, 0) is 42.8 Å². The van der Waals surface area contributed by atoms with Crippen LogP contribution in [-0.2, 0) is 10.0 Å². The van der Waals surface area contributed by atoms with Gasteiger partial charge >= 0.3 is 6.03 Å². The Balaban J connectivity index is 2.10. The molecule has 0 heterocycles. The molecule has 0 spiro atoms. The lowest BCUT2D eigenvalue weighted by Crippen LogP contribution is -2.20. The fourth-order valence-corrected chi connectivity index (χ4v) is 2.58. The van der Waals surface area contributed by atoms with Gasteiger partial charge in [0.1, 0.15) is 0 Å². The summed E-state index contributed by atoms with van der Waals surface area (Å²) >= 11 is 6.02. The maximum absolute atomic E-state index is 11.9. The van der Waals surface area contributed by atoms with E-state index < -0.39 is 16.1 Å². The van der Waals surface area contributed by atoms with Crippen molar-refractivity contribution >= 4 is 39.0 Å². The number of amides is 2. The number of nitrogens with one attached hydrogen (secondary N) is 2. The highest BCUT2D eigenvalue weighted by Crippen LogP contribution is 2.25. The molecule has 0 aliphatic rings. The van der Waals surface area contributed by atoms with Gasteiger partial charge in [-0.2, -0.15) is 0 Å². The summed E-state index contributed by atoms with van der Waals surface area (Å²) in [5.74, 6) is 0. The number of sulfonamides is 1.